The molecule has 7 nitrogen and oxygen atoms in total. The van der Waals surface area contributed by atoms with Crippen LogP contribution in [-0.4, -0.2) is 57.1 Å². The molecule has 1 aliphatic heterocycles. The van der Waals surface area contributed by atoms with Crippen molar-refractivity contribution in [1.29, 1.82) is 0 Å². The molecule has 2 heterocycles. The van der Waals surface area contributed by atoms with Crippen LogP contribution in [0.5, 0.6) is 0 Å². The van der Waals surface area contributed by atoms with Crippen LogP contribution >= 0.6 is 0 Å². The van der Waals surface area contributed by atoms with Crippen LogP contribution in [0.15, 0.2) is 30.5 Å². The molecule has 158 valence electrons. The molecule has 1 aliphatic rings. The van der Waals surface area contributed by atoms with E-state index in [0.29, 0.717) is 26.1 Å². The Kier molecular flexibility index (Phi) is 6.86. The molecule has 0 radical (unpaired) electrons. The van der Waals surface area contributed by atoms with Crippen LogP contribution in [0.1, 0.15) is 46.9 Å². The molecule has 1 aromatic heterocycles. The van der Waals surface area contributed by atoms with Gasteiger partial charge in [0.1, 0.15) is 0 Å². The van der Waals surface area contributed by atoms with Crippen molar-refractivity contribution in [3.63, 3.8) is 0 Å². The second-order valence-electron chi connectivity index (χ2n) is 7.14. The lowest BCUT2D eigenvalue weighted by Crippen LogP contribution is -2.36. The minimum Gasteiger partial charge on any atom is -0.396 e. The number of carbonyl (C=O) groups is 1. The van der Waals surface area contributed by atoms with Crippen molar-refractivity contribution in [2.75, 3.05) is 26.2 Å². The van der Waals surface area contributed by atoms with Gasteiger partial charge >= 0.3 is 6.18 Å². The topological polar surface area (TPSA) is 83.3 Å². The third-order valence-electron chi connectivity index (χ3n) is 4.91. The zero-order valence-corrected chi connectivity index (χ0v) is 15.9. The molecule has 29 heavy (non-hydrogen) atoms. The molecule has 1 fully saturated rings. The number of likely N-dealkylation sites (tertiary alicyclic amines) is 1. The van der Waals surface area contributed by atoms with Gasteiger partial charge in [-0.3, -0.25) is 9.69 Å². The van der Waals surface area contributed by atoms with Crippen LogP contribution in [0, 0.1) is 0 Å². The van der Waals surface area contributed by atoms with Crippen molar-refractivity contribution in [2.24, 2.45) is 0 Å². The van der Waals surface area contributed by atoms with E-state index in [1.807, 2.05) is 0 Å². The van der Waals surface area contributed by atoms with E-state index in [4.69, 9.17) is 5.11 Å². The quantitative estimate of drug-likeness (QED) is 0.683. The van der Waals surface area contributed by atoms with Gasteiger partial charge in [0.05, 0.1) is 17.8 Å². The number of nitrogens with one attached hydrogen (secondary N) is 1. The summed E-state index contributed by atoms with van der Waals surface area (Å²) >= 11 is 0. The van der Waals surface area contributed by atoms with Gasteiger partial charge in [-0.25, -0.2) is 4.68 Å². The van der Waals surface area contributed by atoms with Gasteiger partial charge in [0, 0.05) is 26.2 Å². The summed E-state index contributed by atoms with van der Waals surface area (Å²) < 4.78 is 39.8. The number of rotatable bonds is 7. The van der Waals surface area contributed by atoms with Gasteiger partial charge in [-0.05, 0) is 43.5 Å². The van der Waals surface area contributed by atoms with Crippen LogP contribution in [0.2, 0.25) is 0 Å². The molecule has 1 atom stereocenters. The Labute approximate surface area is 166 Å². The van der Waals surface area contributed by atoms with Crippen molar-refractivity contribution >= 4 is 5.91 Å². The molecule has 2 N–H and O–H groups in total. The first kappa shape index (κ1) is 21.3. The summed E-state index contributed by atoms with van der Waals surface area (Å²) in [5.74, 6) is -0.331. The minimum absolute atomic E-state index is 0.00378. The number of nitrogens with zero attached hydrogens (tertiary/aromatic N) is 4. The van der Waals surface area contributed by atoms with E-state index in [-0.39, 0.29) is 24.2 Å². The highest BCUT2D eigenvalue weighted by Crippen LogP contribution is 2.29. The Morgan fingerprint density at radius 3 is 2.72 bits per heavy atom. The fourth-order valence-corrected chi connectivity index (χ4v) is 3.38. The van der Waals surface area contributed by atoms with Crippen LogP contribution in [0.25, 0.3) is 0 Å². The van der Waals surface area contributed by atoms with E-state index < -0.39 is 11.7 Å². The van der Waals surface area contributed by atoms with Gasteiger partial charge in [0.15, 0.2) is 5.69 Å². The second-order valence-corrected chi connectivity index (χ2v) is 7.14. The Balaban J connectivity index is 1.57. The zero-order chi connectivity index (χ0) is 20.9. The number of halogens is 3. The molecule has 0 bridgehead atoms. The zero-order valence-electron chi connectivity index (χ0n) is 15.9. The SMILES string of the molecule is O=C(NCCCO)c1cn(C2CCCN(Cc3ccc(C(F)(F)F)cc3)C2)nn1. The first-order valence-electron chi connectivity index (χ1n) is 9.56. The van der Waals surface area contributed by atoms with Crippen LogP contribution < -0.4 is 5.32 Å². The fourth-order valence-electron chi connectivity index (χ4n) is 3.38. The van der Waals surface area contributed by atoms with Gasteiger partial charge in [-0.2, -0.15) is 13.2 Å². The standard InChI is InChI=1S/C19H24F3N5O2/c20-19(21,22)15-6-4-14(5-7-15)11-26-9-1-3-16(12-26)27-13-17(24-25-27)18(29)23-8-2-10-28/h4-7,13,16,28H,1-3,8-12H2,(H,23,29). The largest absolute Gasteiger partial charge is 0.416 e. The normalized spacial score (nSPS) is 18.0. The summed E-state index contributed by atoms with van der Waals surface area (Å²) in [6.45, 7) is 2.45. The van der Waals surface area contributed by atoms with Crippen molar-refractivity contribution in [3.05, 3.63) is 47.3 Å². The molecule has 0 aliphatic carbocycles. The Morgan fingerprint density at radius 2 is 2.03 bits per heavy atom. The molecular formula is C19H24F3N5O2. The van der Waals surface area contributed by atoms with E-state index in [2.05, 4.69) is 20.5 Å². The third kappa shape index (κ3) is 5.77. The van der Waals surface area contributed by atoms with E-state index in [0.717, 1.165) is 37.1 Å². The molecule has 3 rings (SSSR count). The molecular weight excluding hydrogens is 387 g/mol. The highest BCUT2D eigenvalue weighted by Gasteiger charge is 2.30. The number of amides is 1. The monoisotopic (exact) mass is 411 g/mol. The third-order valence-corrected chi connectivity index (χ3v) is 4.91. The van der Waals surface area contributed by atoms with Gasteiger partial charge in [0.2, 0.25) is 0 Å². The van der Waals surface area contributed by atoms with E-state index >= 15 is 0 Å². The summed E-state index contributed by atoms with van der Waals surface area (Å²) in [6.07, 6.45) is -0.437. The molecule has 1 saturated heterocycles. The number of hydrogen-bond acceptors (Lipinski definition) is 5. The number of carbonyl (C=O) groups excluding carboxylic acids is 1. The van der Waals surface area contributed by atoms with Gasteiger partial charge in [0.25, 0.3) is 5.91 Å². The van der Waals surface area contributed by atoms with Crippen molar-refractivity contribution in [1.82, 2.24) is 25.2 Å². The lowest BCUT2D eigenvalue weighted by molar-refractivity contribution is -0.137. The van der Waals surface area contributed by atoms with Crippen molar-refractivity contribution in [3.8, 4) is 0 Å². The predicted octanol–water partition coefficient (Wildman–Crippen LogP) is 2.25. The Morgan fingerprint density at radius 1 is 1.28 bits per heavy atom. The number of hydrogen-bond donors (Lipinski definition) is 2. The number of aromatic nitrogens is 3. The first-order chi connectivity index (χ1) is 13.9. The Hall–Kier alpha value is -2.46. The average Bonchev–Trinajstić information content (AvgIpc) is 3.18. The fraction of sp³-hybridized carbons (Fsp3) is 0.526. The smallest absolute Gasteiger partial charge is 0.396 e. The molecule has 1 unspecified atom stereocenters. The summed E-state index contributed by atoms with van der Waals surface area (Å²) in [7, 11) is 0. The van der Waals surface area contributed by atoms with E-state index in [9.17, 15) is 18.0 Å². The molecule has 0 spiro atoms. The lowest BCUT2D eigenvalue weighted by atomic mass is 10.0. The number of aliphatic hydroxyl groups excluding tert-OH is 1. The van der Waals surface area contributed by atoms with Crippen molar-refractivity contribution in [2.45, 2.75) is 38.0 Å². The first-order valence-corrected chi connectivity index (χ1v) is 9.56. The van der Waals surface area contributed by atoms with Gasteiger partial charge in [-0.1, -0.05) is 17.3 Å². The summed E-state index contributed by atoms with van der Waals surface area (Å²) in [6, 6.07) is 5.28. The maximum absolute atomic E-state index is 12.7. The highest BCUT2D eigenvalue weighted by molar-refractivity contribution is 5.91. The van der Waals surface area contributed by atoms with Crippen molar-refractivity contribution < 1.29 is 23.1 Å². The maximum Gasteiger partial charge on any atom is 0.416 e. The molecule has 10 heteroatoms. The van der Waals surface area contributed by atoms with Crippen LogP contribution in [0.4, 0.5) is 13.2 Å². The molecule has 2 aromatic rings. The maximum atomic E-state index is 12.7. The predicted molar refractivity (Wildman–Crippen MR) is 99.1 cm³/mol. The lowest BCUT2D eigenvalue weighted by Gasteiger charge is -2.32. The number of alkyl halides is 3. The molecule has 1 amide bonds. The number of aliphatic hydroxyl groups is 1. The average molecular weight is 411 g/mol. The second kappa shape index (κ2) is 9.36. The molecule has 0 saturated carbocycles. The van der Waals surface area contributed by atoms with E-state index in [1.54, 1.807) is 10.9 Å². The van der Waals surface area contributed by atoms with Crippen LogP contribution in [0.3, 0.4) is 0 Å². The minimum atomic E-state index is -4.33. The molecule has 1 aromatic carbocycles. The van der Waals surface area contributed by atoms with Gasteiger partial charge in [-0.15, -0.1) is 5.10 Å². The highest BCUT2D eigenvalue weighted by atomic mass is 19.4. The summed E-state index contributed by atoms with van der Waals surface area (Å²) in [5, 5.41) is 19.4. The summed E-state index contributed by atoms with van der Waals surface area (Å²) in [4.78, 5) is 14.2. The van der Waals surface area contributed by atoms with E-state index in [1.165, 1.54) is 12.1 Å². The Bertz CT molecular complexity index is 807. The van der Waals surface area contributed by atoms with Gasteiger partial charge < -0.3 is 10.4 Å². The number of piperidine rings is 1. The van der Waals surface area contributed by atoms with Crippen LogP contribution in [-0.2, 0) is 12.7 Å². The number of benzene rings is 1. The summed E-state index contributed by atoms with van der Waals surface area (Å²) in [5.41, 5.74) is 0.397.